The fraction of sp³-hybridized carbons (Fsp3) is 1.00. The van der Waals surface area contributed by atoms with E-state index in [1.165, 1.54) is 0 Å². The number of likely N-dealkylation sites (tertiary alicyclic amines) is 1. The van der Waals surface area contributed by atoms with E-state index in [2.05, 4.69) is 11.8 Å². The van der Waals surface area contributed by atoms with Crippen LogP contribution in [0.5, 0.6) is 0 Å². The minimum atomic E-state index is -2.41. The Morgan fingerprint density at radius 1 is 1.38 bits per heavy atom. The molecule has 1 aliphatic rings. The summed E-state index contributed by atoms with van der Waals surface area (Å²) >= 11 is 0. The van der Waals surface area contributed by atoms with Gasteiger partial charge in [0.15, 0.2) is 0 Å². The highest BCUT2D eigenvalue weighted by Crippen LogP contribution is 2.32. The predicted octanol–water partition coefficient (Wildman–Crippen LogP) is 2.91. The van der Waals surface area contributed by atoms with Crippen molar-refractivity contribution in [1.29, 1.82) is 0 Å². The number of hydrogen-bond acceptors (Lipinski definition) is 1. The molecule has 1 saturated heterocycles. The molecule has 1 heterocycles. The molecule has 1 fully saturated rings. The Hall–Kier alpha value is -0.180. The van der Waals surface area contributed by atoms with Gasteiger partial charge in [0.25, 0.3) is 5.92 Å². The molecule has 0 aromatic rings. The Labute approximate surface area is 79.1 Å². The first kappa shape index (κ1) is 10.9. The highest BCUT2D eigenvalue weighted by Gasteiger charge is 2.38. The van der Waals surface area contributed by atoms with Crippen molar-refractivity contribution in [2.75, 3.05) is 13.1 Å². The molecule has 0 aromatic carbocycles. The van der Waals surface area contributed by atoms with Gasteiger partial charge in [0, 0.05) is 25.4 Å². The van der Waals surface area contributed by atoms with Crippen LogP contribution in [-0.2, 0) is 0 Å². The minimum absolute atomic E-state index is 0.0451. The third-order valence-electron chi connectivity index (χ3n) is 2.80. The standard InChI is InChI=1S/C10H19F2N/c1-3-6-13-7-5-10(11,12)8-9(13)4-2/h9H,3-8H2,1-2H3. The van der Waals surface area contributed by atoms with Gasteiger partial charge in [-0.15, -0.1) is 0 Å². The number of hydrogen-bond donors (Lipinski definition) is 0. The van der Waals surface area contributed by atoms with E-state index in [9.17, 15) is 8.78 Å². The van der Waals surface area contributed by atoms with Crippen LogP contribution in [0.2, 0.25) is 0 Å². The first-order valence-electron chi connectivity index (χ1n) is 5.21. The molecule has 0 spiro atoms. The average Bonchev–Trinajstić information content (AvgIpc) is 2.08. The lowest BCUT2D eigenvalue weighted by atomic mass is 9.96. The molecule has 0 aliphatic carbocycles. The van der Waals surface area contributed by atoms with Crippen molar-refractivity contribution in [1.82, 2.24) is 4.90 Å². The molecule has 1 aliphatic heterocycles. The van der Waals surface area contributed by atoms with E-state index < -0.39 is 5.92 Å². The zero-order valence-corrected chi connectivity index (χ0v) is 8.52. The Bertz CT molecular complexity index is 159. The van der Waals surface area contributed by atoms with Crippen LogP contribution in [0.25, 0.3) is 0 Å². The Balaban J connectivity index is 2.50. The molecule has 1 nitrogen and oxygen atoms in total. The van der Waals surface area contributed by atoms with Gasteiger partial charge in [-0.3, -0.25) is 4.90 Å². The quantitative estimate of drug-likeness (QED) is 0.663. The molecule has 0 bridgehead atoms. The lowest BCUT2D eigenvalue weighted by molar-refractivity contribution is -0.0786. The first-order valence-corrected chi connectivity index (χ1v) is 5.21. The molecule has 0 N–H and O–H groups in total. The second-order valence-electron chi connectivity index (χ2n) is 3.91. The molecule has 3 heteroatoms. The van der Waals surface area contributed by atoms with E-state index in [-0.39, 0.29) is 18.9 Å². The average molecular weight is 191 g/mol. The van der Waals surface area contributed by atoms with Crippen LogP contribution in [0.15, 0.2) is 0 Å². The van der Waals surface area contributed by atoms with Crippen LogP contribution in [0.3, 0.4) is 0 Å². The number of alkyl halides is 2. The molecule has 1 atom stereocenters. The lowest BCUT2D eigenvalue weighted by Crippen LogP contribution is -2.46. The van der Waals surface area contributed by atoms with Crippen molar-refractivity contribution in [2.24, 2.45) is 0 Å². The van der Waals surface area contributed by atoms with Gasteiger partial charge in [-0.25, -0.2) is 8.78 Å². The third-order valence-corrected chi connectivity index (χ3v) is 2.80. The fourth-order valence-electron chi connectivity index (χ4n) is 2.05. The highest BCUT2D eigenvalue weighted by atomic mass is 19.3. The van der Waals surface area contributed by atoms with Gasteiger partial charge < -0.3 is 0 Å². The minimum Gasteiger partial charge on any atom is -0.300 e. The summed E-state index contributed by atoms with van der Waals surface area (Å²) in [7, 11) is 0. The number of rotatable bonds is 3. The molecule has 1 unspecified atom stereocenters. The van der Waals surface area contributed by atoms with E-state index >= 15 is 0 Å². The zero-order valence-electron chi connectivity index (χ0n) is 8.52. The van der Waals surface area contributed by atoms with Crippen LogP contribution in [0, 0.1) is 0 Å². The molecule has 0 aromatic heterocycles. The summed E-state index contributed by atoms with van der Waals surface area (Å²) in [5, 5.41) is 0. The maximum absolute atomic E-state index is 13.0. The van der Waals surface area contributed by atoms with Gasteiger partial charge in [-0.1, -0.05) is 13.8 Å². The molecule has 0 amide bonds. The van der Waals surface area contributed by atoms with Gasteiger partial charge in [0.1, 0.15) is 0 Å². The highest BCUT2D eigenvalue weighted by molar-refractivity contribution is 4.85. The molecule has 78 valence electrons. The summed E-state index contributed by atoms with van der Waals surface area (Å²) in [5.41, 5.74) is 0. The number of nitrogens with zero attached hydrogens (tertiary/aromatic N) is 1. The summed E-state index contributed by atoms with van der Waals surface area (Å²) in [6, 6.07) is 0.101. The summed E-state index contributed by atoms with van der Waals surface area (Å²) < 4.78 is 26.1. The van der Waals surface area contributed by atoms with Crippen molar-refractivity contribution in [3.8, 4) is 0 Å². The Morgan fingerprint density at radius 2 is 2.08 bits per heavy atom. The number of halogens is 2. The van der Waals surface area contributed by atoms with Crippen molar-refractivity contribution in [3.05, 3.63) is 0 Å². The van der Waals surface area contributed by atoms with Crippen LogP contribution in [0.1, 0.15) is 39.5 Å². The Kier molecular flexibility index (Phi) is 3.65. The maximum atomic E-state index is 13.0. The fourth-order valence-corrected chi connectivity index (χ4v) is 2.05. The lowest BCUT2D eigenvalue weighted by Gasteiger charge is -2.38. The normalized spacial score (nSPS) is 29.1. The van der Waals surface area contributed by atoms with Crippen molar-refractivity contribution in [3.63, 3.8) is 0 Å². The molecule has 0 saturated carbocycles. The van der Waals surface area contributed by atoms with E-state index in [1.54, 1.807) is 0 Å². The summed E-state index contributed by atoms with van der Waals surface area (Å²) in [6.45, 7) is 5.63. The maximum Gasteiger partial charge on any atom is 0.250 e. The molecule has 0 radical (unpaired) electrons. The van der Waals surface area contributed by atoms with Gasteiger partial charge in [-0.2, -0.15) is 0 Å². The second-order valence-corrected chi connectivity index (χ2v) is 3.91. The SMILES string of the molecule is CCCN1CCC(F)(F)CC1CC. The summed E-state index contributed by atoms with van der Waals surface area (Å²) in [6.07, 6.45) is 2.00. The molecule has 1 rings (SSSR count). The van der Waals surface area contributed by atoms with Gasteiger partial charge in [-0.05, 0) is 19.4 Å². The zero-order chi connectivity index (χ0) is 9.90. The predicted molar refractivity (Wildman–Crippen MR) is 50.1 cm³/mol. The third kappa shape index (κ3) is 2.90. The van der Waals surface area contributed by atoms with Gasteiger partial charge in [0.2, 0.25) is 0 Å². The van der Waals surface area contributed by atoms with Crippen LogP contribution in [-0.4, -0.2) is 30.0 Å². The van der Waals surface area contributed by atoms with Crippen LogP contribution >= 0.6 is 0 Å². The second kappa shape index (κ2) is 4.36. The molecular weight excluding hydrogens is 172 g/mol. The first-order chi connectivity index (χ1) is 6.09. The van der Waals surface area contributed by atoms with Crippen molar-refractivity contribution >= 4 is 0 Å². The summed E-state index contributed by atoms with van der Waals surface area (Å²) in [4.78, 5) is 2.21. The van der Waals surface area contributed by atoms with Crippen LogP contribution < -0.4 is 0 Å². The van der Waals surface area contributed by atoms with E-state index in [0.29, 0.717) is 6.54 Å². The summed E-state index contributed by atoms with van der Waals surface area (Å²) in [5.74, 6) is -2.41. The Morgan fingerprint density at radius 3 is 2.62 bits per heavy atom. The number of piperidine rings is 1. The van der Waals surface area contributed by atoms with Gasteiger partial charge >= 0.3 is 0 Å². The molecule has 13 heavy (non-hydrogen) atoms. The smallest absolute Gasteiger partial charge is 0.250 e. The van der Waals surface area contributed by atoms with Crippen molar-refractivity contribution in [2.45, 2.75) is 51.5 Å². The largest absolute Gasteiger partial charge is 0.300 e. The van der Waals surface area contributed by atoms with Gasteiger partial charge in [0.05, 0.1) is 0 Å². The monoisotopic (exact) mass is 191 g/mol. The topological polar surface area (TPSA) is 3.24 Å². The van der Waals surface area contributed by atoms with E-state index in [0.717, 1.165) is 19.4 Å². The van der Waals surface area contributed by atoms with E-state index in [4.69, 9.17) is 0 Å². The van der Waals surface area contributed by atoms with Crippen LogP contribution in [0.4, 0.5) is 8.78 Å². The van der Waals surface area contributed by atoms with Crippen molar-refractivity contribution < 1.29 is 8.78 Å². The molecular formula is C10H19F2N. The van der Waals surface area contributed by atoms with E-state index in [1.807, 2.05) is 6.92 Å².